The average Bonchev–Trinajstić information content (AvgIpc) is 2.18. The van der Waals surface area contributed by atoms with E-state index in [4.69, 9.17) is 4.74 Å². The highest BCUT2D eigenvalue weighted by atomic mass is 16.6. The van der Waals surface area contributed by atoms with Crippen LogP contribution in [-0.4, -0.2) is 28.8 Å². The van der Waals surface area contributed by atoms with E-state index < -0.39 is 29.6 Å². The van der Waals surface area contributed by atoms with Crippen LogP contribution in [0.1, 0.15) is 46.5 Å². The molecule has 0 saturated carbocycles. The maximum absolute atomic E-state index is 11.7. The molecule has 0 spiro atoms. The first-order valence-electron chi connectivity index (χ1n) is 6.68. The van der Waals surface area contributed by atoms with Crippen molar-refractivity contribution < 1.29 is 19.4 Å². The number of hydrogen-bond acceptors (Lipinski definition) is 3. The lowest BCUT2D eigenvalue weighted by Crippen LogP contribution is -2.44. The minimum atomic E-state index is -0.882. The summed E-state index contributed by atoms with van der Waals surface area (Å²) in [5, 5.41) is 11.9. The zero-order valence-electron chi connectivity index (χ0n) is 11.8. The number of aliphatic carboxylic acids is 1. The molecule has 19 heavy (non-hydrogen) atoms. The molecule has 0 aromatic rings. The predicted molar refractivity (Wildman–Crippen MR) is 71.9 cm³/mol. The Bertz CT molecular complexity index is 357. The summed E-state index contributed by atoms with van der Waals surface area (Å²) in [6, 6.07) is -0.507. The van der Waals surface area contributed by atoms with Crippen LogP contribution in [0.5, 0.6) is 0 Å². The van der Waals surface area contributed by atoms with E-state index in [0.29, 0.717) is 6.42 Å². The van der Waals surface area contributed by atoms with Crippen molar-refractivity contribution in [3.05, 3.63) is 12.2 Å². The number of rotatable bonds is 2. The number of ether oxygens (including phenoxy) is 1. The van der Waals surface area contributed by atoms with E-state index in [1.807, 2.05) is 6.08 Å². The summed E-state index contributed by atoms with van der Waals surface area (Å²) >= 11 is 0. The molecule has 0 aromatic carbocycles. The highest BCUT2D eigenvalue weighted by Gasteiger charge is 2.29. The Balaban J connectivity index is 2.71. The molecule has 0 saturated heterocycles. The Hall–Kier alpha value is -1.52. The molecular formula is C14H23NO4. The maximum atomic E-state index is 11.7. The van der Waals surface area contributed by atoms with E-state index in [1.54, 1.807) is 26.8 Å². The lowest BCUT2D eigenvalue weighted by Gasteiger charge is -2.26. The van der Waals surface area contributed by atoms with Crippen molar-refractivity contribution in [3.8, 4) is 0 Å². The lowest BCUT2D eigenvalue weighted by atomic mass is 9.90. The van der Waals surface area contributed by atoms with Crippen LogP contribution in [0, 0.1) is 5.92 Å². The number of carboxylic acids is 1. The van der Waals surface area contributed by atoms with Gasteiger partial charge < -0.3 is 15.2 Å². The van der Waals surface area contributed by atoms with Crippen molar-refractivity contribution >= 4 is 12.1 Å². The monoisotopic (exact) mass is 269 g/mol. The van der Waals surface area contributed by atoms with Crippen LogP contribution in [-0.2, 0) is 9.53 Å². The van der Waals surface area contributed by atoms with Gasteiger partial charge in [0.05, 0.1) is 12.0 Å². The number of carbonyl (C=O) groups excluding carboxylic acids is 1. The van der Waals surface area contributed by atoms with E-state index in [1.165, 1.54) is 0 Å². The second-order valence-corrected chi connectivity index (χ2v) is 5.83. The van der Waals surface area contributed by atoms with Gasteiger partial charge in [0.2, 0.25) is 0 Å². The summed E-state index contributed by atoms with van der Waals surface area (Å²) in [6.45, 7) is 5.32. The molecule has 108 valence electrons. The van der Waals surface area contributed by atoms with Gasteiger partial charge in [0.25, 0.3) is 0 Å². The molecule has 1 aliphatic rings. The predicted octanol–water partition coefficient (Wildman–Crippen LogP) is 2.71. The third-order valence-corrected chi connectivity index (χ3v) is 2.91. The van der Waals surface area contributed by atoms with Gasteiger partial charge in [-0.05, 0) is 40.0 Å². The molecule has 0 aliphatic heterocycles. The van der Waals surface area contributed by atoms with Crippen LogP contribution in [0.2, 0.25) is 0 Å². The summed E-state index contributed by atoms with van der Waals surface area (Å²) in [7, 11) is 0. The number of hydrogen-bond donors (Lipinski definition) is 2. The highest BCUT2D eigenvalue weighted by Crippen LogP contribution is 2.19. The molecule has 5 heteroatoms. The molecular weight excluding hydrogens is 246 g/mol. The summed E-state index contributed by atoms with van der Waals surface area (Å²) in [5.41, 5.74) is -0.589. The van der Waals surface area contributed by atoms with Gasteiger partial charge in [0.15, 0.2) is 0 Å². The van der Waals surface area contributed by atoms with E-state index in [2.05, 4.69) is 5.32 Å². The number of allylic oxidation sites excluding steroid dienone is 1. The third kappa shape index (κ3) is 5.77. The number of carbonyl (C=O) groups is 2. The molecule has 1 rings (SSSR count). The number of carboxylic acid groups (broad SMARTS) is 1. The molecule has 0 fully saturated rings. The van der Waals surface area contributed by atoms with E-state index in [-0.39, 0.29) is 0 Å². The van der Waals surface area contributed by atoms with E-state index in [0.717, 1.165) is 19.3 Å². The minimum absolute atomic E-state index is 0.507. The van der Waals surface area contributed by atoms with Crippen LogP contribution in [0.3, 0.4) is 0 Å². The number of nitrogens with one attached hydrogen (secondary N) is 1. The average molecular weight is 269 g/mol. The van der Waals surface area contributed by atoms with Gasteiger partial charge in [-0.15, -0.1) is 0 Å². The van der Waals surface area contributed by atoms with E-state index in [9.17, 15) is 14.7 Å². The molecule has 2 unspecified atom stereocenters. The molecule has 0 bridgehead atoms. The molecule has 5 nitrogen and oxygen atoms in total. The fourth-order valence-electron chi connectivity index (χ4n) is 2.05. The fraction of sp³-hybridized carbons (Fsp3) is 0.714. The van der Waals surface area contributed by atoms with Gasteiger partial charge in [0.1, 0.15) is 5.60 Å². The van der Waals surface area contributed by atoms with Crippen molar-refractivity contribution in [1.29, 1.82) is 0 Å². The number of alkyl carbamates (subject to hydrolysis) is 1. The topological polar surface area (TPSA) is 75.6 Å². The van der Waals surface area contributed by atoms with Crippen molar-refractivity contribution in [2.45, 2.75) is 58.1 Å². The van der Waals surface area contributed by atoms with Crippen molar-refractivity contribution in [2.75, 3.05) is 0 Å². The van der Waals surface area contributed by atoms with Gasteiger partial charge in [-0.2, -0.15) is 0 Å². The van der Waals surface area contributed by atoms with Gasteiger partial charge in [-0.3, -0.25) is 4.79 Å². The second-order valence-electron chi connectivity index (χ2n) is 5.83. The quantitative estimate of drug-likeness (QED) is 0.756. The Kier molecular flexibility index (Phi) is 5.39. The van der Waals surface area contributed by atoms with Gasteiger partial charge in [-0.1, -0.05) is 18.6 Å². The normalized spacial score (nSPS) is 24.2. The summed E-state index contributed by atoms with van der Waals surface area (Å²) in [5.74, 6) is -1.48. The molecule has 1 aliphatic carbocycles. The van der Waals surface area contributed by atoms with Crippen molar-refractivity contribution in [3.63, 3.8) is 0 Å². The smallest absolute Gasteiger partial charge is 0.408 e. The molecule has 2 N–H and O–H groups in total. The Morgan fingerprint density at radius 3 is 2.58 bits per heavy atom. The molecule has 0 radical (unpaired) electrons. The molecule has 1 amide bonds. The van der Waals surface area contributed by atoms with Gasteiger partial charge >= 0.3 is 12.1 Å². The number of amides is 1. The van der Waals surface area contributed by atoms with E-state index >= 15 is 0 Å². The van der Waals surface area contributed by atoms with Crippen LogP contribution in [0.15, 0.2) is 12.2 Å². The van der Waals surface area contributed by atoms with Crippen molar-refractivity contribution in [1.82, 2.24) is 5.32 Å². The van der Waals surface area contributed by atoms with Crippen LogP contribution in [0.25, 0.3) is 0 Å². The maximum Gasteiger partial charge on any atom is 0.408 e. The Labute approximate surface area is 114 Å². The summed E-state index contributed by atoms with van der Waals surface area (Å²) < 4.78 is 5.16. The molecule has 0 aromatic heterocycles. The van der Waals surface area contributed by atoms with Crippen molar-refractivity contribution in [2.24, 2.45) is 5.92 Å². The zero-order valence-corrected chi connectivity index (χ0v) is 11.8. The Morgan fingerprint density at radius 2 is 2.00 bits per heavy atom. The zero-order chi connectivity index (χ0) is 14.5. The summed E-state index contributed by atoms with van der Waals surface area (Å²) in [6.07, 6.45) is 6.44. The lowest BCUT2D eigenvalue weighted by molar-refractivity contribution is -0.142. The first kappa shape index (κ1) is 15.5. The van der Waals surface area contributed by atoms with Gasteiger partial charge in [-0.25, -0.2) is 4.79 Å². The fourth-order valence-corrected chi connectivity index (χ4v) is 2.05. The molecule has 2 atom stereocenters. The largest absolute Gasteiger partial charge is 0.481 e. The van der Waals surface area contributed by atoms with Gasteiger partial charge in [0, 0.05) is 0 Å². The minimum Gasteiger partial charge on any atom is -0.481 e. The third-order valence-electron chi connectivity index (χ3n) is 2.91. The van der Waals surface area contributed by atoms with Crippen LogP contribution in [0.4, 0.5) is 4.79 Å². The first-order chi connectivity index (χ1) is 8.79. The van der Waals surface area contributed by atoms with Crippen LogP contribution >= 0.6 is 0 Å². The standard InChI is InChI=1S/C14H23NO4/c1-14(2,3)19-13(18)15-11-9-7-5-4-6-8-10(11)12(16)17/h7,9-11H,4-6,8H2,1-3H3,(H,15,18)(H,16,17). The first-order valence-corrected chi connectivity index (χ1v) is 6.68. The molecule has 0 heterocycles. The summed E-state index contributed by atoms with van der Waals surface area (Å²) in [4.78, 5) is 23.0. The Morgan fingerprint density at radius 1 is 1.32 bits per heavy atom. The van der Waals surface area contributed by atoms with Crippen LogP contribution < -0.4 is 5.32 Å². The second kappa shape index (κ2) is 6.59. The highest BCUT2D eigenvalue weighted by molar-refractivity contribution is 5.74. The SMILES string of the molecule is CC(C)(C)OC(=O)NC1C=CCCCCC1C(=O)O.